The van der Waals surface area contributed by atoms with Crippen molar-refractivity contribution in [1.29, 1.82) is 0 Å². The van der Waals surface area contributed by atoms with Crippen LogP contribution < -0.4 is 5.32 Å². The van der Waals surface area contributed by atoms with Gasteiger partial charge < -0.3 is 10.2 Å². The number of nitrogens with one attached hydrogen (secondary N) is 1. The van der Waals surface area contributed by atoms with Crippen LogP contribution >= 0.6 is 0 Å². The highest BCUT2D eigenvalue weighted by atomic mass is 32.2. The van der Waals surface area contributed by atoms with Crippen LogP contribution in [-0.2, 0) is 19.6 Å². The zero-order valence-corrected chi connectivity index (χ0v) is 16.6. The molecule has 1 aliphatic heterocycles. The van der Waals surface area contributed by atoms with Crippen molar-refractivity contribution in [2.75, 3.05) is 33.7 Å². The maximum Gasteiger partial charge on any atom is 0.243 e. The first kappa shape index (κ1) is 21.0. The van der Waals surface area contributed by atoms with Crippen LogP contribution in [0.15, 0.2) is 29.2 Å². The van der Waals surface area contributed by atoms with Gasteiger partial charge in [0.1, 0.15) is 0 Å². The maximum atomic E-state index is 12.8. The van der Waals surface area contributed by atoms with E-state index in [0.29, 0.717) is 18.4 Å². The topological polar surface area (TPSA) is 104 Å². The number of amides is 2. The summed E-state index contributed by atoms with van der Waals surface area (Å²) in [4.78, 5) is 36.7. The van der Waals surface area contributed by atoms with Gasteiger partial charge in [0.15, 0.2) is 5.78 Å². The summed E-state index contributed by atoms with van der Waals surface area (Å²) in [6.07, 6.45) is 0.765. The monoisotopic (exact) mass is 395 g/mol. The van der Waals surface area contributed by atoms with Gasteiger partial charge in [-0.05, 0) is 31.9 Å². The molecule has 1 aliphatic rings. The largest absolute Gasteiger partial charge is 0.347 e. The molecule has 8 nitrogen and oxygen atoms in total. The maximum absolute atomic E-state index is 12.8. The summed E-state index contributed by atoms with van der Waals surface area (Å²) in [7, 11) is -0.495. The fourth-order valence-electron chi connectivity index (χ4n) is 2.85. The molecule has 2 rings (SSSR count). The minimum atomic E-state index is -3.72. The van der Waals surface area contributed by atoms with Crippen LogP contribution in [0.3, 0.4) is 0 Å². The van der Waals surface area contributed by atoms with Crippen LogP contribution in [0.25, 0.3) is 0 Å². The van der Waals surface area contributed by atoms with Crippen molar-refractivity contribution in [3.8, 4) is 0 Å². The van der Waals surface area contributed by atoms with Gasteiger partial charge in [-0.2, -0.15) is 4.31 Å². The van der Waals surface area contributed by atoms with E-state index in [4.69, 9.17) is 0 Å². The third kappa shape index (κ3) is 5.14. The van der Waals surface area contributed by atoms with E-state index in [1.165, 1.54) is 28.3 Å². The van der Waals surface area contributed by atoms with E-state index < -0.39 is 10.0 Å². The normalized spacial score (nSPS) is 16.0. The molecule has 1 fully saturated rings. The number of sulfonamides is 1. The van der Waals surface area contributed by atoms with Crippen LogP contribution in [0.1, 0.15) is 30.1 Å². The number of Topliss-reactive ketones (excluding diaryl/α,β-unsaturated/α-hetero) is 1. The van der Waals surface area contributed by atoms with Crippen LogP contribution in [0.4, 0.5) is 0 Å². The zero-order valence-electron chi connectivity index (χ0n) is 15.8. The van der Waals surface area contributed by atoms with Crippen molar-refractivity contribution in [1.82, 2.24) is 14.5 Å². The van der Waals surface area contributed by atoms with E-state index in [2.05, 4.69) is 5.32 Å². The van der Waals surface area contributed by atoms with Gasteiger partial charge in [0, 0.05) is 38.7 Å². The van der Waals surface area contributed by atoms with Gasteiger partial charge >= 0.3 is 0 Å². The van der Waals surface area contributed by atoms with Crippen molar-refractivity contribution >= 4 is 27.6 Å². The molecule has 0 spiro atoms. The van der Waals surface area contributed by atoms with Gasteiger partial charge in [0.25, 0.3) is 0 Å². The molecule has 0 radical (unpaired) electrons. The Kier molecular flexibility index (Phi) is 6.72. The lowest BCUT2D eigenvalue weighted by atomic mass is 9.97. The van der Waals surface area contributed by atoms with Crippen molar-refractivity contribution in [2.24, 2.45) is 5.92 Å². The standard InChI is InChI=1S/C18H25N3O5S/c1-13(22)15-5-4-6-16(11-15)27(25,26)21-9-7-14(8-10-21)18(24)19-12-17(23)20(2)3/h4-6,11,14H,7-10,12H2,1-3H3,(H,19,24). The molecular weight excluding hydrogens is 370 g/mol. The second-order valence-electron chi connectivity index (χ2n) is 6.77. The zero-order chi connectivity index (χ0) is 20.2. The molecule has 0 bridgehead atoms. The van der Waals surface area contributed by atoms with Gasteiger partial charge in [-0.15, -0.1) is 0 Å². The first-order chi connectivity index (χ1) is 12.6. The molecular formula is C18H25N3O5S. The number of carbonyl (C=O) groups is 3. The number of rotatable bonds is 6. The van der Waals surface area contributed by atoms with Crippen LogP contribution in [0.5, 0.6) is 0 Å². The molecule has 1 heterocycles. The number of carbonyl (C=O) groups excluding carboxylic acids is 3. The van der Waals surface area contributed by atoms with E-state index in [1.807, 2.05) is 0 Å². The molecule has 0 aromatic heterocycles. The van der Waals surface area contributed by atoms with Gasteiger partial charge in [-0.1, -0.05) is 12.1 Å². The van der Waals surface area contributed by atoms with Crippen molar-refractivity contribution in [3.63, 3.8) is 0 Å². The lowest BCUT2D eigenvalue weighted by molar-refractivity contribution is -0.132. The molecule has 0 saturated carbocycles. The Morgan fingerprint density at radius 3 is 2.37 bits per heavy atom. The highest BCUT2D eigenvalue weighted by molar-refractivity contribution is 7.89. The second-order valence-corrected chi connectivity index (χ2v) is 8.71. The number of benzene rings is 1. The third-order valence-corrected chi connectivity index (χ3v) is 6.51. The second kappa shape index (κ2) is 8.62. The number of hydrogen-bond acceptors (Lipinski definition) is 5. The Hall–Kier alpha value is -2.26. The molecule has 2 amide bonds. The van der Waals surface area contributed by atoms with E-state index in [-0.39, 0.29) is 48.0 Å². The summed E-state index contributed by atoms with van der Waals surface area (Å²) < 4.78 is 26.9. The molecule has 9 heteroatoms. The van der Waals surface area contributed by atoms with Gasteiger partial charge in [0.05, 0.1) is 11.4 Å². The summed E-state index contributed by atoms with van der Waals surface area (Å²) in [6, 6.07) is 5.97. The molecule has 0 atom stereocenters. The first-order valence-electron chi connectivity index (χ1n) is 8.72. The van der Waals surface area contributed by atoms with Crippen LogP contribution in [-0.4, -0.2) is 69.0 Å². The number of piperidine rings is 1. The van der Waals surface area contributed by atoms with Gasteiger partial charge in [-0.3, -0.25) is 14.4 Å². The lowest BCUT2D eigenvalue weighted by Gasteiger charge is -2.30. The summed E-state index contributed by atoms with van der Waals surface area (Å²) >= 11 is 0. The predicted octanol–water partition coefficient (Wildman–Crippen LogP) is 0.494. The molecule has 1 aromatic rings. The smallest absolute Gasteiger partial charge is 0.243 e. The highest BCUT2D eigenvalue weighted by Gasteiger charge is 2.32. The molecule has 1 saturated heterocycles. The Morgan fingerprint density at radius 2 is 1.81 bits per heavy atom. The number of nitrogens with zero attached hydrogens (tertiary/aromatic N) is 2. The Labute approximate surface area is 159 Å². The molecule has 0 aliphatic carbocycles. The fraction of sp³-hybridized carbons (Fsp3) is 0.500. The first-order valence-corrected chi connectivity index (χ1v) is 10.2. The lowest BCUT2D eigenvalue weighted by Crippen LogP contribution is -2.44. The molecule has 27 heavy (non-hydrogen) atoms. The number of ketones is 1. The summed E-state index contributed by atoms with van der Waals surface area (Å²) in [5.41, 5.74) is 0.343. The summed E-state index contributed by atoms with van der Waals surface area (Å²) in [5, 5.41) is 2.60. The van der Waals surface area contributed by atoms with Crippen LogP contribution in [0, 0.1) is 5.92 Å². The van der Waals surface area contributed by atoms with E-state index in [1.54, 1.807) is 26.2 Å². The fourth-order valence-corrected chi connectivity index (χ4v) is 4.36. The minimum absolute atomic E-state index is 0.0673. The van der Waals surface area contributed by atoms with Crippen LogP contribution in [0.2, 0.25) is 0 Å². The molecule has 1 aromatic carbocycles. The number of hydrogen-bond donors (Lipinski definition) is 1. The van der Waals surface area contributed by atoms with Crippen molar-refractivity contribution in [2.45, 2.75) is 24.7 Å². The summed E-state index contributed by atoms with van der Waals surface area (Å²) in [5.74, 6) is -0.959. The van der Waals surface area contributed by atoms with Crippen molar-refractivity contribution < 1.29 is 22.8 Å². The average molecular weight is 395 g/mol. The van der Waals surface area contributed by atoms with Gasteiger partial charge in [-0.25, -0.2) is 8.42 Å². The quantitative estimate of drug-likeness (QED) is 0.706. The summed E-state index contributed by atoms with van der Waals surface area (Å²) in [6.45, 7) is 1.75. The Bertz CT molecular complexity index is 827. The number of likely N-dealkylation sites (N-methyl/N-ethyl adjacent to an activating group) is 1. The average Bonchev–Trinajstić information content (AvgIpc) is 2.65. The highest BCUT2D eigenvalue weighted by Crippen LogP contribution is 2.24. The van der Waals surface area contributed by atoms with E-state index in [0.717, 1.165) is 0 Å². The predicted molar refractivity (Wildman–Crippen MR) is 99.6 cm³/mol. The SMILES string of the molecule is CC(=O)c1cccc(S(=O)(=O)N2CCC(C(=O)NCC(=O)N(C)C)CC2)c1. The molecule has 148 valence electrons. The molecule has 1 N–H and O–H groups in total. The Balaban J connectivity index is 1.98. The third-order valence-electron chi connectivity index (χ3n) is 4.62. The minimum Gasteiger partial charge on any atom is -0.347 e. The van der Waals surface area contributed by atoms with E-state index in [9.17, 15) is 22.8 Å². The Morgan fingerprint density at radius 1 is 1.19 bits per heavy atom. The van der Waals surface area contributed by atoms with Crippen molar-refractivity contribution in [3.05, 3.63) is 29.8 Å². The van der Waals surface area contributed by atoms with Gasteiger partial charge in [0.2, 0.25) is 21.8 Å². The molecule has 0 unspecified atom stereocenters. The van der Waals surface area contributed by atoms with E-state index >= 15 is 0 Å².